The van der Waals surface area contributed by atoms with Crippen molar-refractivity contribution in [3.8, 4) is 0 Å². The standard InChI is InChI=1S/C14H23N4O5P/c1-15-11(19)9-24(23,10-12(20)16-2)17(3)7-4-8-18-13(21)5-6-14(18)22/h5-6H,4,7-10H2,1-3H3,(H,15,19)(H,16,20). The lowest BCUT2D eigenvalue weighted by Crippen LogP contribution is -2.35. The molecular formula is C14H23N4O5P. The summed E-state index contributed by atoms with van der Waals surface area (Å²) in [6.07, 6.45) is 2.26. The molecule has 0 spiro atoms. The van der Waals surface area contributed by atoms with Crippen molar-refractivity contribution in [2.24, 2.45) is 0 Å². The van der Waals surface area contributed by atoms with Gasteiger partial charge in [0.1, 0.15) is 0 Å². The zero-order valence-electron chi connectivity index (χ0n) is 14.1. The molecule has 1 aliphatic heterocycles. The number of amides is 4. The lowest BCUT2D eigenvalue weighted by Gasteiger charge is -2.28. The van der Waals surface area contributed by atoms with Crippen LogP contribution in [0, 0.1) is 0 Å². The second-order valence-electron chi connectivity index (χ2n) is 5.41. The van der Waals surface area contributed by atoms with Gasteiger partial charge in [0.2, 0.25) is 11.8 Å². The fraction of sp³-hybridized carbons (Fsp3) is 0.571. The summed E-state index contributed by atoms with van der Waals surface area (Å²) in [6.45, 7) is 0.470. The molecule has 1 heterocycles. The molecule has 4 amide bonds. The maximum Gasteiger partial charge on any atom is 0.253 e. The largest absolute Gasteiger partial charge is 0.359 e. The molecule has 0 unspecified atom stereocenters. The van der Waals surface area contributed by atoms with E-state index in [4.69, 9.17) is 0 Å². The first-order valence-electron chi connectivity index (χ1n) is 7.48. The Morgan fingerprint density at radius 1 is 1.08 bits per heavy atom. The summed E-state index contributed by atoms with van der Waals surface area (Å²) in [4.78, 5) is 47.3. The third-order valence-corrected chi connectivity index (χ3v) is 6.73. The molecule has 0 bridgehead atoms. The Balaban J connectivity index is 2.66. The number of nitrogens with one attached hydrogen (secondary N) is 2. The molecule has 2 N–H and O–H groups in total. The second-order valence-corrected chi connectivity index (χ2v) is 8.41. The molecule has 1 rings (SSSR count). The Bertz CT molecular complexity index is 564. The minimum atomic E-state index is -3.24. The summed E-state index contributed by atoms with van der Waals surface area (Å²) in [5.74, 6) is -1.57. The second kappa shape index (κ2) is 8.75. The Hall–Kier alpha value is -1.99. The Morgan fingerprint density at radius 2 is 1.54 bits per heavy atom. The molecule has 0 aromatic rings. The number of hydrogen-bond acceptors (Lipinski definition) is 5. The third kappa shape index (κ3) is 5.28. The van der Waals surface area contributed by atoms with Crippen molar-refractivity contribution in [1.82, 2.24) is 20.2 Å². The molecule has 10 heteroatoms. The quantitative estimate of drug-likeness (QED) is 0.404. The van der Waals surface area contributed by atoms with Crippen LogP contribution in [0.3, 0.4) is 0 Å². The van der Waals surface area contributed by atoms with E-state index in [1.165, 1.54) is 30.9 Å². The fourth-order valence-electron chi connectivity index (χ4n) is 2.20. The van der Waals surface area contributed by atoms with Gasteiger partial charge in [0.05, 0.1) is 12.3 Å². The number of carbonyl (C=O) groups excluding carboxylic acids is 4. The summed E-state index contributed by atoms with van der Waals surface area (Å²) in [6, 6.07) is 0. The molecule has 24 heavy (non-hydrogen) atoms. The van der Waals surface area contributed by atoms with Crippen molar-refractivity contribution in [2.75, 3.05) is 46.6 Å². The van der Waals surface area contributed by atoms with E-state index in [0.29, 0.717) is 6.42 Å². The van der Waals surface area contributed by atoms with Gasteiger partial charge in [-0.3, -0.25) is 28.7 Å². The molecule has 1 aliphatic rings. The zero-order valence-corrected chi connectivity index (χ0v) is 15.0. The van der Waals surface area contributed by atoms with Gasteiger partial charge in [0, 0.05) is 39.3 Å². The maximum atomic E-state index is 13.1. The van der Waals surface area contributed by atoms with Crippen LogP contribution in [0.4, 0.5) is 0 Å². The molecule has 0 aromatic heterocycles. The van der Waals surface area contributed by atoms with Crippen molar-refractivity contribution in [3.05, 3.63) is 12.2 Å². The van der Waals surface area contributed by atoms with Gasteiger partial charge < -0.3 is 15.2 Å². The molecule has 0 atom stereocenters. The van der Waals surface area contributed by atoms with E-state index in [2.05, 4.69) is 10.6 Å². The topological polar surface area (TPSA) is 116 Å². The summed E-state index contributed by atoms with van der Waals surface area (Å²) < 4.78 is 14.5. The molecule has 0 fully saturated rings. The van der Waals surface area contributed by atoms with Gasteiger partial charge in [-0.2, -0.15) is 0 Å². The first-order valence-corrected chi connectivity index (χ1v) is 9.51. The van der Waals surface area contributed by atoms with Crippen molar-refractivity contribution in [2.45, 2.75) is 6.42 Å². The predicted octanol–water partition coefficient (Wildman–Crippen LogP) is -0.997. The van der Waals surface area contributed by atoms with Crippen LogP contribution in [0.5, 0.6) is 0 Å². The number of imide groups is 1. The van der Waals surface area contributed by atoms with E-state index in [9.17, 15) is 23.7 Å². The SMILES string of the molecule is CNC(=O)CP(=O)(CC(=O)NC)N(C)CCCN1C(=O)C=CC1=O. The van der Waals surface area contributed by atoms with Crippen LogP contribution in [-0.4, -0.2) is 79.8 Å². The van der Waals surface area contributed by atoms with E-state index in [1.807, 2.05) is 0 Å². The van der Waals surface area contributed by atoms with Crippen LogP contribution in [0.15, 0.2) is 12.2 Å². The lowest BCUT2D eigenvalue weighted by molar-refractivity contribution is -0.136. The third-order valence-electron chi connectivity index (χ3n) is 3.73. The van der Waals surface area contributed by atoms with Gasteiger partial charge in [-0.1, -0.05) is 0 Å². The van der Waals surface area contributed by atoms with E-state index in [0.717, 1.165) is 4.90 Å². The molecular weight excluding hydrogens is 335 g/mol. The van der Waals surface area contributed by atoms with Crippen molar-refractivity contribution in [3.63, 3.8) is 0 Å². The fourth-order valence-corrected chi connectivity index (χ4v) is 4.51. The number of hydrogen-bond donors (Lipinski definition) is 2. The van der Waals surface area contributed by atoms with E-state index in [-0.39, 0.29) is 37.2 Å². The minimum Gasteiger partial charge on any atom is -0.359 e. The highest BCUT2D eigenvalue weighted by Gasteiger charge is 2.33. The average molecular weight is 358 g/mol. The Labute approximate surface area is 140 Å². The first-order chi connectivity index (χ1) is 11.2. The Morgan fingerprint density at radius 3 is 1.96 bits per heavy atom. The highest BCUT2D eigenvalue weighted by atomic mass is 31.2. The first kappa shape index (κ1) is 20.1. The van der Waals surface area contributed by atoms with Gasteiger partial charge in [-0.15, -0.1) is 0 Å². The van der Waals surface area contributed by atoms with Gasteiger partial charge in [-0.05, 0) is 13.5 Å². The number of rotatable bonds is 9. The van der Waals surface area contributed by atoms with Gasteiger partial charge >= 0.3 is 0 Å². The van der Waals surface area contributed by atoms with E-state index in [1.54, 1.807) is 7.05 Å². The molecule has 0 aromatic carbocycles. The van der Waals surface area contributed by atoms with Crippen molar-refractivity contribution in [1.29, 1.82) is 0 Å². The van der Waals surface area contributed by atoms with Crippen molar-refractivity contribution >= 4 is 30.9 Å². The highest BCUT2D eigenvalue weighted by molar-refractivity contribution is 7.63. The highest BCUT2D eigenvalue weighted by Crippen LogP contribution is 2.48. The summed E-state index contributed by atoms with van der Waals surface area (Å²) in [7, 11) is 1.20. The molecule has 0 saturated heterocycles. The van der Waals surface area contributed by atoms with Crippen LogP contribution >= 0.6 is 7.29 Å². The maximum absolute atomic E-state index is 13.1. The predicted molar refractivity (Wildman–Crippen MR) is 88.6 cm³/mol. The molecule has 9 nitrogen and oxygen atoms in total. The molecule has 0 saturated carbocycles. The van der Waals surface area contributed by atoms with Crippen molar-refractivity contribution < 1.29 is 23.7 Å². The monoisotopic (exact) mass is 358 g/mol. The smallest absolute Gasteiger partial charge is 0.253 e. The van der Waals surface area contributed by atoms with Crippen LogP contribution in [0.25, 0.3) is 0 Å². The van der Waals surface area contributed by atoms with Crippen LogP contribution in [0.2, 0.25) is 0 Å². The van der Waals surface area contributed by atoms with Gasteiger partial charge in [-0.25, -0.2) is 0 Å². The van der Waals surface area contributed by atoms with Crippen LogP contribution < -0.4 is 10.6 Å². The summed E-state index contributed by atoms with van der Waals surface area (Å²) in [5, 5.41) is 4.81. The van der Waals surface area contributed by atoms with E-state index >= 15 is 0 Å². The summed E-state index contributed by atoms with van der Waals surface area (Å²) in [5.41, 5.74) is 0. The zero-order chi connectivity index (χ0) is 18.3. The van der Waals surface area contributed by atoms with Gasteiger partial charge in [0.15, 0.2) is 7.29 Å². The van der Waals surface area contributed by atoms with Crippen LogP contribution in [-0.2, 0) is 23.7 Å². The lowest BCUT2D eigenvalue weighted by atomic mass is 10.4. The summed E-state index contributed by atoms with van der Waals surface area (Å²) >= 11 is 0. The number of nitrogens with zero attached hydrogens (tertiary/aromatic N) is 2. The Kier molecular flexibility index (Phi) is 7.31. The molecule has 0 aliphatic carbocycles. The average Bonchev–Trinajstić information content (AvgIpc) is 2.85. The normalized spacial score (nSPS) is 14.4. The number of carbonyl (C=O) groups is 4. The molecule has 0 radical (unpaired) electrons. The van der Waals surface area contributed by atoms with Crippen LogP contribution in [0.1, 0.15) is 6.42 Å². The van der Waals surface area contributed by atoms with E-state index < -0.39 is 19.1 Å². The molecule has 134 valence electrons. The minimum absolute atomic E-state index is 0.189. The van der Waals surface area contributed by atoms with Gasteiger partial charge in [0.25, 0.3) is 11.8 Å².